The summed E-state index contributed by atoms with van der Waals surface area (Å²) in [7, 11) is -4.06. The number of rotatable bonds is 6. The number of hydrogen-bond acceptors (Lipinski definition) is 5. The summed E-state index contributed by atoms with van der Waals surface area (Å²) in [4.78, 5) is 15.6. The molecule has 2 amide bonds. The van der Waals surface area contributed by atoms with Crippen molar-refractivity contribution < 1.29 is 13.2 Å². The van der Waals surface area contributed by atoms with E-state index in [1.54, 1.807) is 13.0 Å². The molecule has 0 radical (unpaired) electrons. The van der Waals surface area contributed by atoms with Crippen LogP contribution in [0.3, 0.4) is 0 Å². The molecule has 0 aliphatic carbocycles. The SMILES string of the molecule is CCC(C)NC(=O)NS(=O)(=O)c1cnccc1Nc1cccc(C)c1. The molecule has 3 N–H and O–H groups in total. The van der Waals surface area contributed by atoms with Crippen LogP contribution in [0.5, 0.6) is 0 Å². The van der Waals surface area contributed by atoms with Crippen molar-refractivity contribution in [3.8, 4) is 0 Å². The highest BCUT2D eigenvalue weighted by atomic mass is 32.2. The first kappa shape index (κ1) is 18.7. The normalized spacial score (nSPS) is 12.3. The molecule has 0 fully saturated rings. The van der Waals surface area contributed by atoms with Gasteiger partial charge in [-0.2, -0.15) is 0 Å². The lowest BCUT2D eigenvalue weighted by Gasteiger charge is -2.15. The van der Waals surface area contributed by atoms with Crippen molar-refractivity contribution in [2.75, 3.05) is 5.32 Å². The minimum atomic E-state index is -4.06. The number of hydrogen-bond donors (Lipinski definition) is 3. The number of carbonyl (C=O) groups is 1. The predicted molar refractivity (Wildman–Crippen MR) is 97.3 cm³/mol. The van der Waals surface area contributed by atoms with E-state index >= 15 is 0 Å². The molecular formula is C17H22N4O3S. The molecular weight excluding hydrogens is 340 g/mol. The van der Waals surface area contributed by atoms with Gasteiger partial charge >= 0.3 is 6.03 Å². The van der Waals surface area contributed by atoms with Crippen LogP contribution in [-0.4, -0.2) is 25.5 Å². The highest BCUT2D eigenvalue weighted by Crippen LogP contribution is 2.24. The molecule has 134 valence electrons. The minimum Gasteiger partial charge on any atom is -0.354 e. The molecule has 1 unspecified atom stereocenters. The zero-order valence-corrected chi connectivity index (χ0v) is 15.2. The zero-order valence-electron chi connectivity index (χ0n) is 14.4. The van der Waals surface area contributed by atoms with Crippen LogP contribution >= 0.6 is 0 Å². The second-order valence-corrected chi connectivity index (χ2v) is 7.41. The number of aryl methyl sites for hydroxylation is 1. The Labute approximate surface area is 147 Å². The lowest BCUT2D eigenvalue weighted by atomic mass is 10.2. The first-order valence-electron chi connectivity index (χ1n) is 7.93. The molecule has 1 aromatic carbocycles. The molecule has 1 heterocycles. The summed E-state index contributed by atoms with van der Waals surface area (Å²) in [5, 5.41) is 5.62. The molecule has 0 aliphatic rings. The van der Waals surface area contributed by atoms with Gasteiger partial charge in [-0.15, -0.1) is 0 Å². The molecule has 0 saturated heterocycles. The molecule has 0 aliphatic heterocycles. The Hall–Kier alpha value is -2.61. The van der Waals surface area contributed by atoms with Crippen LogP contribution in [0.25, 0.3) is 0 Å². The maximum atomic E-state index is 12.5. The van der Waals surface area contributed by atoms with Crippen molar-refractivity contribution in [1.82, 2.24) is 15.0 Å². The van der Waals surface area contributed by atoms with Crippen molar-refractivity contribution in [3.05, 3.63) is 48.3 Å². The van der Waals surface area contributed by atoms with E-state index in [2.05, 4.69) is 15.6 Å². The van der Waals surface area contributed by atoms with Crippen LogP contribution < -0.4 is 15.4 Å². The molecule has 2 rings (SSSR count). The first-order valence-corrected chi connectivity index (χ1v) is 9.41. The molecule has 0 spiro atoms. The lowest BCUT2D eigenvalue weighted by molar-refractivity contribution is 0.242. The summed E-state index contributed by atoms with van der Waals surface area (Å²) < 4.78 is 27.1. The topological polar surface area (TPSA) is 100 Å². The van der Waals surface area contributed by atoms with Crippen LogP contribution in [-0.2, 0) is 10.0 Å². The van der Waals surface area contributed by atoms with E-state index in [4.69, 9.17) is 0 Å². The van der Waals surface area contributed by atoms with Crippen LogP contribution in [0.2, 0.25) is 0 Å². The van der Waals surface area contributed by atoms with Crippen molar-refractivity contribution in [2.45, 2.75) is 38.1 Å². The Kier molecular flexibility index (Phi) is 5.97. The second-order valence-electron chi connectivity index (χ2n) is 5.75. The fourth-order valence-corrected chi connectivity index (χ4v) is 3.13. The van der Waals surface area contributed by atoms with Crippen LogP contribution in [0.15, 0.2) is 47.6 Å². The molecule has 7 nitrogen and oxygen atoms in total. The number of carbonyl (C=O) groups excluding carboxylic acids is 1. The average Bonchev–Trinajstić information content (AvgIpc) is 2.54. The van der Waals surface area contributed by atoms with E-state index in [9.17, 15) is 13.2 Å². The Morgan fingerprint density at radius 2 is 2.04 bits per heavy atom. The monoisotopic (exact) mass is 362 g/mol. The average molecular weight is 362 g/mol. The predicted octanol–water partition coefficient (Wildman–Crippen LogP) is 2.92. The number of urea groups is 1. The maximum absolute atomic E-state index is 12.5. The van der Waals surface area contributed by atoms with Crippen molar-refractivity contribution >= 4 is 27.4 Å². The van der Waals surface area contributed by atoms with Gasteiger partial charge in [0.05, 0.1) is 5.69 Å². The summed E-state index contributed by atoms with van der Waals surface area (Å²) in [6, 6.07) is 8.17. The number of benzene rings is 1. The van der Waals surface area contributed by atoms with Gasteiger partial charge in [0.25, 0.3) is 10.0 Å². The number of amides is 2. The quantitative estimate of drug-likeness (QED) is 0.734. The lowest BCUT2D eigenvalue weighted by Crippen LogP contribution is -2.43. The van der Waals surface area contributed by atoms with E-state index < -0.39 is 16.1 Å². The standard InChI is InChI=1S/C17H22N4O3S/c1-4-13(3)19-17(22)21-25(23,24)16-11-18-9-8-15(16)20-14-7-5-6-12(2)10-14/h5-11,13H,4H2,1-3H3,(H,18,20)(H2,19,21,22). The Morgan fingerprint density at radius 1 is 1.28 bits per heavy atom. The summed E-state index contributed by atoms with van der Waals surface area (Å²) in [6.07, 6.45) is 3.38. The van der Waals surface area contributed by atoms with Crippen molar-refractivity contribution in [2.24, 2.45) is 0 Å². The third kappa shape index (κ3) is 5.18. The Morgan fingerprint density at radius 3 is 2.72 bits per heavy atom. The summed E-state index contributed by atoms with van der Waals surface area (Å²) in [5.41, 5.74) is 2.12. The number of pyridine rings is 1. The molecule has 1 atom stereocenters. The van der Waals surface area contributed by atoms with E-state index in [1.807, 2.05) is 42.8 Å². The van der Waals surface area contributed by atoms with Crippen LogP contribution in [0.1, 0.15) is 25.8 Å². The highest BCUT2D eigenvalue weighted by Gasteiger charge is 2.22. The molecule has 1 aromatic heterocycles. The number of nitrogens with zero attached hydrogens (tertiary/aromatic N) is 1. The summed E-state index contributed by atoms with van der Waals surface area (Å²) in [5.74, 6) is 0. The zero-order chi connectivity index (χ0) is 18.4. The molecule has 0 bridgehead atoms. The summed E-state index contributed by atoms with van der Waals surface area (Å²) in [6.45, 7) is 5.63. The molecule has 8 heteroatoms. The van der Waals surface area contributed by atoms with E-state index in [1.165, 1.54) is 12.4 Å². The van der Waals surface area contributed by atoms with Crippen LogP contribution in [0.4, 0.5) is 16.2 Å². The van der Waals surface area contributed by atoms with E-state index in [0.29, 0.717) is 12.1 Å². The van der Waals surface area contributed by atoms with E-state index in [0.717, 1.165) is 11.3 Å². The molecule has 25 heavy (non-hydrogen) atoms. The third-order valence-corrected chi connectivity index (χ3v) is 4.95. The third-order valence-electron chi connectivity index (χ3n) is 3.59. The van der Waals surface area contributed by atoms with Gasteiger partial charge in [-0.05, 0) is 44.0 Å². The van der Waals surface area contributed by atoms with Gasteiger partial charge in [-0.25, -0.2) is 17.9 Å². The molecule has 0 saturated carbocycles. The minimum absolute atomic E-state index is 0.101. The summed E-state index contributed by atoms with van der Waals surface area (Å²) >= 11 is 0. The van der Waals surface area contributed by atoms with Gasteiger partial charge in [-0.1, -0.05) is 19.1 Å². The Bertz CT molecular complexity index is 852. The smallest absolute Gasteiger partial charge is 0.328 e. The number of nitrogens with one attached hydrogen (secondary N) is 3. The van der Waals surface area contributed by atoms with Gasteiger partial charge in [0, 0.05) is 24.1 Å². The highest BCUT2D eigenvalue weighted by molar-refractivity contribution is 7.90. The van der Waals surface area contributed by atoms with Gasteiger partial charge in [0.15, 0.2) is 0 Å². The Balaban J connectivity index is 2.25. The van der Waals surface area contributed by atoms with E-state index in [-0.39, 0.29) is 10.9 Å². The molecule has 2 aromatic rings. The number of sulfonamides is 1. The second kappa shape index (κ2) is 7.98. The van der Waals surface area contributed by atoms with Gasteiger partial charge in [0.1, 0.15) is 4.90 Å². The van der Waals surface area contributed by atoms with Crippen molar-refractivity contribution in [3.63, 3.8) is 0 Å². The first-order chi connectivity index (χ1) is 11.8. The fraction of sp³-hybridized carbons (Fsp3) is 0.294. The largest absolute Gasteiger partial charge is 0.354 e. The van der Waals surface area contributed by atoms with Gasteiger partial charge in [-0.3, -0.25) is 4.98 Å². The van der Waals surface area contributed by atoms with Gasteiger partial charge < -0.3 is 10.6 Å². The van der Waals surface area contributed by atoms with Crippen LogP contribution in [0, 0.1) is 6.92 Å². The van der Waals surface area contributed by atoms with Crippen molar-refractivity contribution in [1.29, 1.82) is 0 Å². The number of aromatic nitrogens is 1. The van der Waals surface area contributed by atoms with Gasteiger partial charge in [0.2, 0.25) is 0 Å². The maximum Gasteiger partial charge on any atom is 0.328 e. The number of anilines is 2. The fourth-order valence-electron chi connectivity index (χ4n) is 2.11.